The smallest absolute Gasteiger partial charge is 0.234 e. The van der Waals surface area contributed by atoms with Crippen LogP contribution >= 0.6 is 0 Å². The molecule has 112 valence electrons. The van der Waals surface area contributed by atoms with Crippen molar-refractivity contribution < 1.29 is 9.90 Å². The SMILES string of the molecule is CC1CCC(O)(CN(C)CC(=O)NC(C)(C)C)CC1. The van der Waals surface area contributed by atoms with Gasteiger partial charge in [-0.3, -0.25) is 9.69 Å². The molecule has 19 heavy (non-hydrogen) atoms. The molecule has 1 fully saturated rings. The van der Waals surface area contributed by atoms with Crippen molar-refractivity contribution in [1.29, 1.82) is 0 Å². The predicted octanol–water partition coefficient (Wildman–Crippen LogP) is 1.77. The minimum absolute atomic E-state index is 0.0165. The van der Waals surface area contributed by atoms with Gasteiger partial charge in [0.15, 0.2) is 0 Å². The number of hydrogen-bond acceptors (Lipinski definition) is 3. The lowest BCUT2D eigenvalue weighted by atomic mass is 9.79. The van der Waals surface area contributed by atoms with Gasteiger partial charge in [-0.2, -0.15) is 0 Å². The average Bonchev–Trinajstić information content (AvgIpc) is 2.19. The quantitative estimate of drug-likeness (QED) is 0.818. The third kappa shape index (κ3) is 6.39. The molecule has 4 heteroatoms. The van der Waals surface area contributed by atoms with Gasteiger partial charge in [0.05, 0.1) is 12.1 Å². The molecule has 0 aromatic rings. The van der Waals surface area contributed by atoms with Crippen LogP contribution in [0.3, 0.4) is 0 Å². The molecule has 1 aliphatic carbocycles. The highest BCUT2D eigenvalue weighted by molar-refractivity contribution is 5.78. The van der Waals surface area contributed by atoms with Crippen LogP contribution in [0.25, 0.3) is 0 Å². The first-order chi connectivity index (χ1) is 8.60. The van der Waals surface area contributed by atoms with Gasteiger partial charge >= 0.3 is 0 Å². The van der Waals surface area contributed by atoms with E-state index in [4.69, 9.17) is 0 Å². The molecule has 2 N–H and O–H groups in total. The topological polar surface area (TPSA) is 52.6 Å². The van der Waals surface area contributed by atoms with Gasteiger partial charge in [-0.25, -0.2) is 0 Å². The van der Waals surface area contributed by atoms with Crippen molar-refractivity contribution >= 4 is 5.91 Å². The normalized spacial score (nSPS) is 28.5. The second-order valence-electron chi connectivity index (χ2n) is 7.38. The Kier molecular flexibility index (Phi) is 5.39. The Morgan fingerprint density at radius 2 is 1.89 bits per heavy atom. The second kappa shape index (κ2) is 6.23. The summed E-state index contributed by atoms with van der Waals surface area (Å²) in [7, 11) is 1.90. The van der Waals surface area contributed by atoms with Crippen molar-refractivity contribution in [3.8, 4) is 0 Å². The number of hydrogen-bond donors (Lipinski definition) is 2. The fourth-order valence-corrected chi connectivity index (χ4v) is 2.72. The molecule has 0 aliphatic heterocycles. The summed E-state index contributed by atoms with van der Waals surface area (Å²) in [5.74, 6) is 0.734. The van der Waals surface area contributed by atoms with Gasteiger partial charge in [-0.15, -0.1) is 0 Å². The standard InChI is InChI=1S/C15H30N2O2/c1-12-6-8-15(19,9-7-12)11-17(5)10-13(18)16-14(2,3)4/h12,19H,6-11H2,1-5H3,(H,16,18). The zero-order chi connectivity index (χ0) is 14.7. The van der Waals surface area contributed by atoms with Crippen molar-refractivity contribution in [2.45, 2.75) is 64.5 Å². The highest BCUT2D eigenvalue weighted by Gasteiger charge is 2.33. The Bertz CT molecular complexity index is 302. The van der Waals surface area contributed by atoms with Gasteiger partial charge in [0, 0.05) is 12.1 Å². The zero-order valence-corrected chi connectivity index (χ0v) is 13.1. The van der Waals surface area contributed by atoms with Crippen LogP contribution in [0, 0.1) is 5.92 Å². The van der Waals surface area contributed by atoms with Gasteiger partial charge in [0.2, 0.25) is 5.91 Å². The molecule has 0 spiro atoms. The molecular weight excluding hydrogens is 240 g/mol. The molecule has 1 rings (SSSR count). The van der Waals surface area contributed by atoms with Gasteiger partial charge in [-0.05, 0) is 59.4 Å². The fraction of sp³-hybridized carbons (Fsp3) is 0.933. The van der Waals surface area contributed by atoms with Crippen LogP contribution < -0.4 is 5.32 Å². The molecular formula is C15H30N2O2. The molecule has 4 nitrogen and oxygen atoms in total. The van der Waals surface area contributed by atoms with Gasteiger partial charge in [0.1, 0.15) is 0 Å². The number of likely N-dealkylation sites (N-methyl/N-ethyl adjacent to an activating group) is 1. The Balaban J connectivity index is 2.38. The summed E-state index contributed by atoms with van der Waals surface area (Å²) >= 11 is 0. The first-order valence-electron chi connectivity index (χ1n) is 7.32. The van der Waals surface area contributed by atoms with Gasteiger partial charge in [-0.1, -0.05) is 6.92 Å². The van der Waals surface area contributed by atoms with E-state index in [9.17, 15) is 9.90 Å². The molecule has 0 aromatic carbocycles. The molecule has 0 aromatic heterocycles. The molecule has 0 saturated heterocycles. The van der Waals surface area contributed by atoms with Crippen molar-refractivity contribution in [3.63, 3.8) is 0 Å². The van der Waals surface area contributed by atoms with E-state index in [-0.39, 0.29) is 11.4 Å². The third-order valence-corrected chi connectivity index (χ3v) is 3.70. The van der Waals surface area contributed by atoms with Crippen molar-refractivity contribution in [2.24, 2.45) is 5.92 Å². The first-order valence-corrected chi connectivity index (χ1v) is 7.32. The van der Waals surface area contributed by atoms with Crippen LogP contribution in [0.2, 0.25) is 0 Å². The maximum Gasteiger partial charge on any atom is 0.234 e. The van der Waals surface area contributed by atoms with E-state index in [1.807, 2.05) is 32.7 Å². The van der Waals surface area contributed by atoms with Crippen molar-refractivity contribution in [2.75, 3.05) is 20.1 Å². The highest BCUT2D eigenvalue weighted by atomic mass is 16.3. The van der Waals surface area contributed by atoms with Crippen LogP contribution in [-0.4, -0.2) is 47.2 Å². The molecule has 1 saturated carbocycles. The number of rotatable bonds is 4. The summed E-state index contributed by atoms with van der Waals surface area (Å²) in [5, 5.41) is 13.5. The van der Waals surface area contributed by atoms with Gasteiger partial charge in [0.25, 0.3) is 0 Å². The van der Waals surface area contributed by atoms with E-state index in [0.29, 0.717) is 13.1 Å². The molecule has 0 radical (unpaired) electrons. The minimum Gasteiger partial charge on any atom is -0.389 e. The number of carbonyl (C=O) groups excluding carboxylic acids is 1. The summed E-state index contributed by atoms with van der Waals surface area (Å²) in [5.41, 5.74) is -0.807. The summed E-state index contributed by atoms with van der Waals surface area (Å²) in [4.78, 5) is 13.8. The summed E-state index contributed by atoms with van der Waals surface area (Å²) in [6.45, 7) is 9.08. The van der Waals surface area contributed by atoms with Crippen LogP contribution in [0.15, 0.2) is 0 Å². The summed E-state index contributed by atoms with van der Waals surface area (Å²) < 4.78 is 0. The van der Waals surface area contributed by atoms with Crippen molar-refractivity contribution in [1.82, 2.24) is 10.2 Å². The number of amides is 1. The van der Waals surface area contributed by atoms with E-state index < -0.39 is 5.60 Å². The molecule has 0 unspecified atom stereocenters. The van der Waals surface area contributed by atoms with Crippen LogP contribution in [0.4, 0.5) is 0 Å². The largest absolute Gasteiger partial charge is 0.389 e. The Morgan fingerprint density at radius 3 is 2.37 bits per heavy atom. The zero-order valence-electron chi connectivity index (χ0n) is 13.1. The lowest BCUT2D eigenvalue weighted by Crippen LogP contribution is -2.49. The van der Waals surface area contributed by atoms with Crippen LogP contribution in [0.5, 0.6) is 0 Å². The van der Waals surface area contributed by atoms with Crippen LogP contribution in [0.1, 0.15) is 53.4 Å². The number of carbonyl (C=O) groups is 1. The molecule has 0 bridgehead atoms. The lowest BCUT2D eigenvalue weighted by Gasteiger charge is -2.37. The molecule has 1 aliphatic rings. The molecule has 0 atom stereocenters. The van der Waals surface area contributed by atoms with E-state index >= 15 is 0 Å². The maximum atomic E-state index is 11.8. The molecule has 1 amide bonds. The van der Waals surface area contributed by atoms with E-state index in [1.54, 1.807) is 0 Å². The Morgan fingerprint density at radius 1 is 1.37 bits per heavy atom. The first kappa shape index (κ1) is 16.4. The Hall–Kier alpha value is -0.610. The van der Waals surface area contributed by atoms with E-state index in [0.717, 1.165) is 31.6 Å². The minimum atomic E-state index is -0.608. The monoisotopic (exact) mass is 270 g/mol. The predicted molar refractivity (Wildman–Crippen MR) is 78.0 cm³/mol. The van der Waals surface area contributed by atoms with Gasteiger partial charge < -0.3 is 10.4 Å². The summed E-state index contributed by atoms with van der Waals surface area (Å²) in [6, 6.07) is 0. The maximum absolute atomic E-state index is 11.8. The van der Waals surface area contributed by atoms with E-state index in [2.05, 4.69) is 12.2 Å². The highest BCUT2D eigenvalue weighted by Crippen LogP contribution is 2.32. The van der Waals surface area contributed by atoms with E-state index in [1.165, 1.54) is 0 Å². The van der Waals surface area contributed by atoms with Crippen molar-refractivity contribution in [3.05, 3.63) is 0 Å². The number of aliphatic hydroxyl groups is 1. The summed E-state index contributed by atoms with van der Waals surface area (Å²) in [6.07, 6.45) is 3.86. The second-order valence-corrected chi connectivity index (χ2v) is 7.38. The number of nitrogens with zero attached hydrogens (tertiary/aromatic N) is 1. The fourth-order valence-electron chi connectivity index (χ4n) is 2.72. The Labute approximate surface area is 117 Å². The lowest BCUT2D eigenvalue weighted by molar-refractivity contribution is -0.124. The molecule has 0 heterocycles. The third-order valence-electron chi connectivity index (χ3n) is 3.70. The average molecular weight is 270 g/mol. The van der Waals surface area contributed by atoms with Crippen LogP contribution in [-0.2, 0) is 4.79 Å². The number of nitrogens with one attached hydrogen (secondary N) is 1.